The molecule has 1 heterocycles. The smallest absolute Gasteiger partial charge is 0.215 e. The van der Waals surface area contributed by atoms with Gasteiger partial charge in [-0.15, -0.1) is 0 Å². The minimum absolute atomic E-state index is 0.131. The molecule has 0 unspecified atom stereocenters. The summed E-state index contributed by atoms with van der Waals surface area (Å²) in [6.45, 7) is 3.09. The number of nitrogens with one attached hydrogen (secondary N) is 1. The zero-order valence-corrected chi connectivity index (χ0v) is 14.7. The fourth-order valence-corrected chi connectivity index (χ4v) is 5.01. The van der Waals surface area contributed by atoms with Gasteiger partial charge in [0, 0.05) is 19.6 Å². The van der Waals surface area contributed by atoms with E-state index in [1.54, 1.807) is 12.1 Å². The molecule has 0 aromatic heterocycles. The Kier molecular flexibility index (Phi) is 6.15. The maximum Gasteiger partial charge on any atom is 0.215 e. The van der Waals surface area contributed by atoms with Gasteiger partial charge in [-0.25, -0.2) is 21.6 Å². The van der Waals surface area contributed by atoms with Gasteiger partial charge in [0.15, 0.2) is 0 Å². The molecule has 0 atom stereocenters. The average molecular weight is 362 g/mol. The number of aryl methyl sites for hydroxylation is 1. The molecule has 1 saturated heterocycles. The lowest BCUT2D eigenvalue weighted by atomic mass is 10.1. The summed E-state index contributed by atoms with van der Waals surface area (Å²) in [5.41, 5.74) is 1.59. The minimum atomic E-state index is -3.57. The molecular weight excluding hydrogens is 340 g/mol. The van der Waals surface area contributed by atoms with E-state index in [-0.39, 0.29) is 18.1 Å². The Morgan fingerprint density at radius 2 is 1.78 bits per heavy atom. The molecule has 2 rings (SSSR count). The van der Waals surface area contributed by atoms with Gasteiger partial charge in [0.1, 0.15) is 0 Å². The van der Waals surface area contributed by atoms with Crippen molar-refractivity contribution in [3.8, 4) is 0 Å². The van der Waals surface area contributed by atoms with Crippen LogP contribution in [0, 0.1) is 6.92 Å². The van der Waals surface area contributed by atoms with Crippen LogP contribution in [0.15, 0.2) is 24.3 Å². The van der Waals surface area contributed by atoms with Gasteiger partial charge < -0.3 is 4.74 Å². The zero-order valence-electron chi connectivity index (χ0n) is 13.1. The van der Waals surface area contributed by atoms with Crippen LogP contribution in [0.1, 0.15) is 11.1 Å². The largest absolute Gasteiger partial charge is 0.379 e. The molecule has 130 valence electrons. The summed E-state index contributed by atoms with van der Waals surface area (Å²) in [6, 6.07) is 7.21. The summed E-state index contributed by atoms with van der Waals surface area (Å²) < 4.78 is 57.2. The van der Waals surface area contributed by atoms with Gasteiger partial charge in [0.2, 0.25) is 20.0 Å². The molecule has 9 heteroatoms. The van der Waals surface area contributed by atoms with Crippen molar-refractivity contribution in [2.45, 2.75) is 12.7 Å². The monoisotopic (exact) mass is 362 g/mol. The highest BCUT2D eigenvalue weighted by atomic mass is 32.2. The number of ether oxygens (including phenoxy) is 1. The molecule has 1 aromatic rings. The normalized spacial score (nSPS) is 17.3. The van der Waals surface area contributed by atoms with Gasteiger partial charge in [0.05, 0.1) is 24.7 Å². The second-order valence-electron chi connectivity index (χ2n) is 5.41. The Labute approximate surface area is 137 Å². The number of rotatable bonds is 7. The maximum absolute atomic E-state index is 12.1. The van der Waals surface area contributed by atoms with E-state index >= 15 is 0 Å². The second-order valence-corrected chi connectivity index (χ2v) is 9.30. The molecule has 1 aromatic carbocycles. The summed E-state index contributed by atoms with van der Waals surface area (Å²) in [5.74, 6) is -0.405. The fraction of sp³-hybridized carbons (Fsp3) is 0.571. The van der Waals surface area contributed by atoms with Crippen LogP contribution in [0.4, 0.5) is 0 Å². The predicted molar refractivity (Wildman–Crippen MR) is 88.0 cm³/mol. The van der Waals surface area contributed by atoms with E-state index in [0.29, 0.717) is 31.9 Å². The molecule has 0 spiro atoms. The van der Waals surface area contributed by atoms with E-state index in [1.165, 1.54) is 4.31 Å². The lowest BCUT2D eigenvalue weighted by Gasteiger charge is -2.26. The molecule has 1 N–H and O–H groups in total. The highest BCUT2D eigenvalue weighted by Gasteiger charge is 2.24. The van der Waals surface area contributed by atoms with Gasteiger partial charge in [-0.3, -0.25) is 0 Å². The number of hydrogen-bond acceptors (Lipinski definition) is 5. The van der Waals surface area contributed by atoms with Crippen LogP contribution >= 0.6 is 0 Å². The van der Waals surface area contributed by atoms with Crippen LogP contribution in [0.5, 0.6) is 0 Å². The Hall–Kier alpha value is -1.00. The van der Waals surface area contributed by atoms with Gasteiger partial charge >= 0.3 is 0 Å². The Morgan fingerprint density at radius 1 is 1.13 bits per heavy atom. The summed E-state index contributed by atoms with van der Waals surface area (Å²) in [5, 5.41) is 0. The highest BCUT2D eigenvalue weighted by Crippen LogP contribution is 2.10. The number of benzene rings is 1. The van der Waals surface area contributed by atoms with Crippen LogP contribution < -0.4 is 4.72 Å². The fourth-order valence-electron chi connectivity index (χ4n) is 2.31. The molecule has 1 aliphatic heterocycles. The topological polar surface area (TPSA) is 92.8 Å². The van der Waals surface area contributed by atoms with Crippen LogP contribution in [-0.2, 0) is 30.5 Å². The van der Waals surface area contributed by atoms with Crippen molar-refractivity contribution >= 4 is 20.0 Å². The molecule has 23 heavy (non-hydrogen) atoms. The maximum atomic E-state index is 12.1. The number of sulfonamides is 2. The van der Waals surface area contributed by atoms with E-state index < -0.39 is 20.0 Å². The third-order valence-corrected chi connectivity index (χ3v) is 6.86. The van der Waals surface area contributed by atoms with Crippen LogP contribution in [0.2, 0.25) is 0 Å². The zero-order chi connectivity index (χ0) is 16.9. The van der Waals surface area contributed by atoms with Crippen molar-refractivity contribution in [1.82, 2.24) is 9.03 Å². The Bertz CT molecular complexity index is 725. The third kappa shape index (κ3) is 5.54. The summed E-state index contributed by atoms with van der Waals surface area (Å²) in [7, 11) is -7.03. The molecular formula is C14H22N2O5S2. The summed E-state index contributed by atoms with van der Waals surface area (Å²) >= 11 is 0. The summed E-state index contributed by atoms with van der Waals surface area (Å²) in [6.07, 6.45) is 0. The first-order valence-electron chi connectivity index (χ1n) is 7.37. The Morgan fingerprint density at radius 3 is 2.43 bits per heavy atom. The van der Waals surface area contributed by atoms with E-state index in [0.717, 1.165) is 5.56 Å². The first-order valence-corrected chi connectivity index (χ1v) is 10.6. The minimum Gasteiger partial charge on any atom is -0.379 e. The number of hydrogen-bond donors (Lipinski definition) is 1. The van der Waals surface area contributed by atoms with Crippen molar-refractivity contribution < 1.29 is 21.6 Å². The SMILES string of the molecule is Cc1ccccc1CS(=O)(=O)NCCS(=O)(=O)N1CCOCC1. The van der Waals surface area contributed by atoms with E-state index in [1.807, 2.05) is 19.1 Å². The second kappa shape index (κ2) is 7.71. The molecule has 1 aliphatic rings. The first-order chi connectivity index (χ1) is 10.8. The van der Waals surface area contributed by atoms with Crippen molar-refractivity contribution in [3.63, 3.8) is 0 Å². The lowest BCUT2D eigenvalue weighted by Crippen LogP contribution is -2.43. The van der Waals surface area contributed by atoms with Crippen LogP contribution in [0.3, 0.4) is 0 Å². The van der Waals surface area contributed by atoms with Crippen LogP contribution in [0.25, 0.3) is 0 Å². The average Bonchev–Trinajstić information content (AvgIpc) is 2.50. The van der Waals surface area contributed by atoms with E-state index in [4.69, 9.17) is 4.74 Å². The van der Waals surface area contributed by atoms with E-state index in [2.05, 4.69) is 4.72 Å². The number of nitrogens with zero attached hydrogens (tertiary/aromatic N) is 1. The summed E-state index contributed by atoms with van der Waals surface area (Å²) in [4.78, 5) is 0. The standard InChI is InChI=1S/C14H22N2O5S2/c1-13-4-2-3-5-14(13)12-22(17,18)15-6-11-23(19,20)16-7-9-21-10-8-16/h2-5,15H,6-12H2,1H3. The van der Waals surface area contributed by atoms with Gasteiger partial charge in [-0.2, -0.15) is 4.31 Å². The van der Waals surface area contributed by atoms with Crippen molar-refractivity contribution in [2.24, 2.45) is 0 Å². The molecule has 7 nitrogen and oxygen atoms in total. The quantitative estimate of drug-likeness (QED) is 0.741. The van der Waals surface area contributed by atoms with Crippen molar-refractivity contribution in [2.75, 3.05) is 38.6 Å². The van der Waals surface area contributed by atoms with Crippen molar-refractivity contribution in [1.29, 1.82) is 0 Å². The lowest BCUT2D eigenvalue weighted by molar-refractivity contribution is 0.0730. The molecule has 0 saturated carbocycles. The van der Waals surface area contributed by atoms with Crippen LogP contribution in [-0.4, -0.2) is 59.7 Å². The molecule has 1 fully saturated rings. The first kappa shape index (κ1) is 18.3. The third-order valence-electron chi connectivity index (χ3n) is 3.65. The van der Waals surface area contributed by atoms with E-state index in [9.17, 15) is 16.8 Å². The van der Waals surface area contributed by atoms with Crippen molar-refractivity contribution in [3.05, 3.63) is 35.4 Å². The van der Waals surface area contributed by atoms with Gasteiger partial charge in [0.25, 0.3) is 0 Å². The van der Waals surface area contributed by atoms with Gasteiger partial charge in [-0.1, -0.05) is 24.3 Å². The van der Waals surface area contributed by atoms with Gasteiger partial charge in [-0.05, 0) is 18.1 Å². The molecule has 0 bridgehead atoms. The Balaban J connectivity index is 1.88. The molecule has 0 radical (unpaired) electrons. The number of morpholine rings is 1. The predicted octanol–water partition coefficient (Wildman–Crippen LogP) is 0.0764. The molecule has 0 amide bonds. The molecule has 0 aliphatic carbocycles. The highest BCUT2D eigenvalue weighted by molar-refractivity contribution is 7.89.